The van der Waals surface area contributed by atoms with E-state index in [9.17, 15) is 0 Å². The van der Waals surface area contributed by atoms with Crippen LogP contribution in [-0.4, -0.2) is 32.8 Å². The quantitative estimate of drug-likeness (QED) is 0.805. The Morgan fingerprint density at radius 1 is 1.22 bits per heavy atom. The molecule has 0 fully saturated rings. The summed E-state index contributed by atoms with van der Waals surface area (Å²) in [5, 5.41) is 3.57. The lowest BCUT2D eigenvalue weighted by Gasteiger charge is -2.27. The van der Waals surface area contributed by atoms with Gasteiger partial charge in [-0.2, -0.15) is 0 Å². The van der Waals surface area contributed by atoms with Crippen LogP contribution in [0.3, 0.4) is 0 Å². The molecule has 1 aromatic carbocycles. The minimum Gasteiger partial charge on any atom is -0.497 e. The number of methoxy groups -OCH3 is 1. The van der Waals surface area contributed by atoms with Crippen molar-refractivity contribution in [3.8, 4) is 5.75 Å². The van der Waals surface area contributed by atoms with Gasteiger partial charge in [0.15, 0.2) is 0 Å². The highest BCUT2D eigenvalue weighted by molar-refractivity contribution is 5.48. The molecular formula is C15H26N2O. The van der Waals surface area contributed by atoms with E-state index >= 15 is 0 Å². The molecule has 3 nitrogen and oxygen atoms in total. The molecule has 0 aliphatic rings. The third kappa shape index (κ3) is 4.57. The molecule has 0 atom stereocenters. The molecular weight excluding hydrogens is 224 g/mol. The van der Waals surface area contributed by atoms with Crippen molar-refractivity contribution in [3.63, 3.8) is 0 Å². The van der Waals surface area contributed by atoms with Gasteiger partial charge in [0, 0.05) is 31.4 Å². The molecule has 0 saturated carbocycles. The van der Waals surface area contributed by atoms with Gasteiger partial charge in [-0.25, -0.2) is 0 Å². The molecule has 18 heavy (non-hydrogen) atoms. The first-order valence-corrected chi connectivity index (χ1v) is 6.59. The van der Waals surface area contributed by atoms with E-state index in [-0.39, 0.29) is 5.54 Å². The van der Waals surface area contributed by atoms with Crippen molar-refractivity contribution < 1.29 is 4.74 Å². The molecule has 0 aliphatic carbocycles. The van der Waals surface area contributed by atoms with E-state index in [4.69, 9.17) is 4.74 Å². The molecule has 0 spiro atoms. The SMILES string of the molecule is CCC(C)(C)NCCN(C)c1ccc(OC)cc1. The predicted octanol–water partition coefficient (Wildman–Crippen LogP) is 2.91. The first-order valence-electron chi connectivity index (χ1n) is 6.59. The van der Waals surface area contributed by atoms with Crippen LogP contribution in [0.2, 0.25) is 0 Å². The van der Waals surface area contributed by atoms with Gasteiger partial charge in [0.2, 0.25) is 0 Å². The van der Waals surface area contributed by atoms with Crippen LogP contribution in [0.25, 0.3) is 0 Å². The van der Waals surface area contributed by atoms with Crippen molar-refractivity contribution in [2.75, 3.05) is 32.1 Å². The maximum absolute atomic E-state index is 5.16. The third-order valence-electron chi connectivity index (χ3n) is 3.45. The van der Waals surface area contributed by atoms with Crippen LogP contribution < -0.4 is 15.0 Å². The highest BCUT2D eigenvalue weighted by Crippen LogP contribution is 2.17. The molecule has 102 valence electrons. The third-order valence-corrected chi connectivity index (χ3v) is 3.45. The number of nitrogens with one attached hydrogen (secondary N) is 1. The zero-order valence-electron chi connectivity index (χ0n) is 12.3. The van der Waals surface area contributed by atoms with Crippen molar-refractivity contribution in [2.45, 2.75) is 32.7 Å². The van der Waals surface area contributed by atoms with Crippen molar-refractivity contribution in [3.05, 3.63) is 24.3 Å². The van der Waals surface area contributed by atoms with Crippen LogP contribution in [0.15, 0.2) is 24.3 Å². The highest BCUT2D eigenvalue weighted by atomic mass is 16.5. The minimum absolute atomic E-state index is 0.223. The van der Waals surface area contributed by atoms with Crippen LogP contribution in [0.1, 0.15) is 27.2 Å². The van der Waals surface area contributed by atoms with Crippen LogP contribution in [0.4, 0.5) is 5.69 Å². The van der Waals surface area contributed by atoms with Gasteiger partial charge < -0.3 is 15.0 Å². The number of rotatable bonds is 7. The van der Waals surface area contributed by atoms with Crippen molar-refractivity contribution >= 4 is 5.69 Å². The van der Waals surface area contributed by atoms with E-state index in [1.807, 2.05) is 12.1 Å². The Balaban J connectivity index is 2.42. The lowest BCUT2D eigenvalue weighted by atomic mass is 10.0. The van der Waals surface area contributed by atoms with E-state index in [1.54, 1.807) is 7.11 Å². The fraction of sp³-hybridized carbons (Fsp3) is 0.600. The summed E-state index contributed by atoms with van der Waals surface area (Å²) in [4.78, 5) is 2.25. The van der Waals surface area contributed by atoms with Gasteiger partial charge in [0.05, 0.1) is 7.11 Å². The number of nitrogens with zero attached hydrogens (tertiary/aromatic N) is 1. The highest BCUT2D eigenvalue weighted by Gasteiger charge is 2.13. The summed E-state index contributed by atoms with van der Waals surface area (Å²) < 4.78 is 5.16. The average Bonchev–Trinajstić information content (AvgIpc) is 2.38. The number of ether oxygens (including phenoxy) is 1. The number of likely N-dealkylation sites (N-methyl/N-ethyl adjacent to an activating group) is 1. The topological polar surface area (TPSA) is 24.5 Å². The van der Waals surface area contributed by atoms with E-state index in [0.29, 0.717) is 0 Å². The lowest BCUT2D eigenvalue weighted by molar-refractivity contribution is 0.381. The second-order valence-corrected chi connectivity index (χ2v) is 5.28. The molecule has 0 saturated heterocycles. The summed E-state index contributed by atoms with van der Waals surface area (Å²) in [5.74, 6) is 0.900. The lowest BCUT2D eigenvalue weighted by Crippen LogP contribution is -2.42. The van der Waals surface area contributed by atoms with Gasteiger partial charge in [-0.05, 0) is 44.5 Å². The molecule has 3 heteroatoms. The van der Waals surface area contributed by atoms with Crippen LogP contribution >= 0.6 is 0 Å². The fourth-order valence-corrected chi connectivity index (χ4v) is 1.65. The second kappa shape index (κ2) is 6.64. The maximum Gasteiger partial charge on any atom is 0.119 e. The molecule has 1 rings (SSSR count). The Bertz CT molecular complexity index is 346. The minimum atomic E-state index is 0.223. The largest absolute Gasteiger partial charge is 0.497 e. The molecule has 0 aliphatic heterocycles. The summed E-state index contributed by atoms with van der Waals surface area (Å²) in [5.41, 5.74) is 1.44. The monoisotopic (exact) mass is 250 g/mol. The van der Waals surface area contributed by atoms with Gasteiger partial charge in [0.1, 0.15) is 5.75 Å². The zero-order chi connectivity index (χ0) is 13.6. The van der Waals surface area contributed by atoms with Crippen molar-refractivity contribution in [2.24, 2.45) is 0 Å². The molecule has 0 heterocycles. The molecule has 0 unspecified atom stereocenters. The number of anilines is 1. The predicted molar refractivity (Wildman–Crippen MR) is 78.6 cm³/mol. The number of hydrogen-bond acceptors (Lipinski definition) is 3. The van der Waals surface area contributed by atoms with Crippen LogP contribution in [-0.2, 0) is 0 Å². The second-order valence-electron chi connectivity index (χ2n) is 5.28. The fourth-order valence-electron chi connectivity index (χ4n) is 1.65. The van der Waals surface area contributed by atoms with Gasteiger partial charge >= 0.3 is 0 Å². The molecule has 0 amide bonds. The number of benzene rings is 1. The van der Waals surface area contributed by atoms with Gasteiger partial charge in [-0.15, -0.1) is 0 Å². The zero-order valence-corrected chi connectivity index (χ0v) is 12.3. The Kier molecular flexibility index (Phi) is 5.48. The molecule has 0 aromatic heterocycles. The Morgan fingerprint density at radius 3 is 2.33 bits per heavy atom. The Morgan fingerprint density at radius 2 is 1.83 bits per heavy atom. The van der Waals surface area contributed by atoms with Crippen molar-refractivity contribution in [1.29, 1.82) is 0 Å². The van der Waals surface area contributed by atoms with E-state index in [0.717, 1.165) is 25.3 Å². The molecule has 1 aromatic rings. The normalized spacial score (nSPS) is 11.4. The van der Waals surface area contributed by atoms with Gasteiger partial charge in [-0.1, -0.05) is 6.92 Å². The summed E-state index contributed by atoms with van der Waals surface area (Å²) in [7, 11) is 3.80. The number of hydrogen-bond donors (Lipinski definition) is 1. The summed E-state index contributed by atoms with van der Waals surface area (Å²) in [6.45, 7) is 8.67. The van der Waals surface area contributed by atoms with Crippen LogP contribution in [0.5, 0.6) is 5.75 Å². The summed E-state index contributed by atoms with van der Waals surface area (Å²) in [6.07, 6.45) is 1.14. The van der Waals surface area contributed by atoms with Gasteiger partial charge in [-0.3, -0.25) is 0 Å². The molecule has 0 bridgehead atoms. The van der Waals surface area contributed by atoms with Crippen LogP contribution in [0, 0.1) is 0 Å². The molecule has 0 radical (unpaired) electrons. The van der Waals surface area contributed by atoms with Gasteiger partial charge in [0.25, 0.3) is 0 Å². The average molecular weight is 250 g/mol. The van der Waals surface area contributed by atoms with E-state index in [2.05, 4.69) is 50.2 Å². The Labute approximate surface area is 111 Å². The first-order chi connectivity index (χ1) is 8.48. The smallest absolute Gasteiger partial charge is 0.119 e. The van der Waals surface area contributed by atoms with Crippen molar-refractivity contribution in [1.82, 2.24) is 5.32 Å². The molecule has 1 N–H and O–H groups in total. The van der Waals surface area contributed by atoms with E-state index in [1.165, 1.54) is 5.69 Å². The van der Waals surface area contributed by atoms with E-state index < -0.39 is 0 Å². The standard InChI is InChI=1S/C15H26N2O/c1-6-15(2,3)16-11-12-17(4)13-7-9-14(18-5)10-8-13/h7-10,16H,6,11-12H2,1-5H3. The Hall–Kier alpha value is -1.22. The summed E-state index contributed by atoms with van der Waals surface area (Å²) in [6, 6.07) is 8.16. The first kappa shape index (κ1) is 14.8. The maximum atomic E-state index is 5.16. The summed E-state index contributed by atoms with van der Waals surface area (Å²) >= 11 is 0.